The minimum Gasteiger partial charge on any atom is -0.444 e. The Labute approximate surface area is 329 Å². The first kappa shape index (κ1) is 40.5. The molecule has 298 valence electrons. The molecule has 0 radical (unpaired) electrons. The van der Waals surface area contributed by atoms with Crippen LogP contribution in [0.1, 0.15) is 57.3 Å². The highest BCUT2D eigenvalue weighted by atomic mass is 32.2. The van der Waals surface area contributed by atoms with Gasteiger partial charge >= 0.3 is 6.09 Å². The lowest BCUT2D eigenvalue weighted by Gasteiger charge is -2.34. The zero-order valence-corrected chi connectivity index (χ0v) is 32.7. The molecule has 3 aromatic carbocycles. The van der Waals surface area contributed by atoms with Gasteiger partial charge in [0, 0.05) is 45.5 Å². The number of sulfonamides is 2. The highest BCUT2D eigenvalue weighted by Crippen LogP contribution is 2.27. The third-order valence-corrected chi connectivity index (χ3v) is 12.2. The van der Waals surface area contributed by atoms with Gasteiger partial charge in [-0.2, -0.15) is 4.98 Å². The molecular formula is C38H40N8O9S2. The van der Waals surface area contributed by atoms with Crippen LogP contribution >= 0.6 is 0 Å². The third kappa shape index (κ3) is 9.11. The van der Waals surface area contributed by atoms with Gasteiger partial charge in [-0.3, -0.25) is 24.2 Å². The summed E-state index contributed by atoms with van der Waals surface area (Å²) in [4.78, 5) is 60.5. The van der Waals surface area contributed by atoms with Crippen LogP contribution < -0.4 is 19.7 Å². The Hall–Kier alpha value is -6.18. The number of nitrogens with one attached hydrogen (secondary N) is 3. The van der Waals surface area contributed by atoms with E-state index in [4.69, 9.17) is 4.74 Å². The first-order valence-electron chi connectivity index (χ1n) is 17.8. The topological polar surface area (TPSA) is 217 Å². The summed E-state index contributed by atoms with van der Waals surface area (Å²) in [5, 5.41) is 3.33. The van der Waals surface area contributed by atoms with E-state index in [2.05, 4.69) is 58.0 Å². The van der Waals surface area contributed by atoms with Crippen LogP contribution in [0.2, 0.25) is 0 Å². The quantitative estimate of drug-likeness (QED) is 0.229. The van der Waals surface area contributed by atoms with Crippen LogP contribution in [0.5, 0.6) is 0 Å². The van der Waals surface area contributed by atoms with E-state index in [0.29, 0.717) is 18.3 Å². The van der Waals surface area contributed by atoms with E-state index in [9.17, 15) is 36.0 Å². The van der Waals surface area contributed by atoms with Gasteiger partial charge < -0.3 is 15.0 Å². The van der Waals surface area contributed by atoms with Gasteiger partial charge in [-0.1, -0.05) is 55.1 Å². The molecule has 1 saturated heterocycles. The second-order valence-corrected chi connectivity index (χ2v) is 16.4. The van der Waals surface area contributed by atoms with Crippen molar-refractivity contribution in [1.29, 1.82) is 0 Å². The predicted octanol–water partition coefficient (Wildman–Crippen LogP) is 3.19. The molecule has 4 aliphatic heterocycles. The molecule has 57 heavy (non-hydrogen) atoms. The number of carbonyl (C=O) groups excluding carboxylic acids is 4. The van der Waals surface area contributed by atoms with Crippen molar-refractivity contribution in [2.45, 2.75) is 42.8 Å². The monoisotopic (exact) mass is 816 g/mol. The number of benzene rings is 3. The van der Waals surface area contributed by atoms with Crippen molar-refractivity contribution in [3.63, 3.8) is 0 Å². The van der Waals surface area contributed by atoms with E-state index >= 15 is 0 Å². The molecule has 8 rings (SSSR count). The van der Waals surface area contributed by atoms with Gasteiger partial charge in [0.1, 0.15) is 22.2 Å². The largest absolute Gasteiger partial charge is 0.444 e. The molecule has 17 nitrogen and oxygen atoms in total. The number of cyclic esters (lactones) is 1. The molecule has 0 bridgehead atoms. The molecule has 1 fully saturated rings. The number of nitrogens with zero attached hydrogens (tertiary/aromatic N) is 5. The van der Waals surface area contributed by atoms with Gasteiger partial charge in [0.25, 0.3) is 31.9 Å². The van der Waals surface area contributed by atoms with Gasteiger partial charge in [0.05, 0.1) is 22.7 Å². The van der Waals surface area contributed by atoms with Crippen molar-refractivity contribution in [2.24, 2.45) is 0 Å². The fourth-order valence-corrected chi connectivity index (χ4v) is 8.67. The number of carbonyl (C=O) groups is 4. The second-order valence-electron chi connectivity index (χ2n) is 13.1. The van der Waals surface area contributed by atoms with Crippen molar-refractivity contribution < 1.29 is 40.8 Å². The number of rotatable bonds is 7. The fourth-order valence-electron chi connectivity index (χ4n) is 6.33. The van der Waals surface area contributed by atoms with Gasteiger partial charge in [-0.15, -0.1) is 0 Å². The van der Waals surface area contributed by atoms with E-state index < -0.39 is 31.9 Å². The molecule has 5 heterocycles. The SMILES string of the molecule is C=CC(=O)N1CCN(Cc2ccc([C@H](C)Nc3ncc4c(n3)N(CC)C(=O)OC4)cc2)CC1.O=C1NS(=O)(=O)c2ccccc21.O=C1NS(=O)(=O)c2ccccc21. The summed E-state index contributed by atoms with van der Waals surface area (Å²) >= 11 is 0. The van der Waals surface area contributed by atoms with E-state index in [1.165, 1.54) is 40.8 Å². The van der Waals surface area contributed by atoms with Crippen LogP contribution in [-0.4, -0.2) is 93.1 Å². The lowest BCUT2D eigenvalue weighted by atomic mass is 10.1. The van der Waals surface area contributed by atoms with Gasteiger partial charge in [-0.05, 0) is 55.3 Å². The lowest BCUT2D eigenvalue weighted by molar-refractivity contribution is -0.127. The summed E-state index contributed by atoms with van der Waals surface area (Å²) < 4.78 is 53.5. The lowest BCUT2D eigenvalue weighted by Crippen LogP contribution is -2.47. The second kappa shape index (κ2) is 16.9. The maximum absolute atomic E-state index is 12.0. The fraction of sp³-hybridized carbons (Fsp3) is 0.263. The maximum Gasteiger partial charge on any atom is 0.415 e. The van der Waals surface area contributed by atoms with E-state index in [1.54, 1.807) is 30.5 Å². The van der Waals surface area contributed by atoms with Gasteiger partial charge in [0.2, 0.25) is 11.9 Å². The van der Waals surface area contributed by atoms with E-state index in [0.717, 1.165) is 43.9 Å². The zero-order valence-electron chi connectivity index (χ0n) is 31.0. The standard InChI is InChI=1S/C24H30N6O3.2C7H5NO3S/c1-4-21(31)29-12-10-28(11-13-29)15-18-6-8-19(9-7-18)17(3)26-23-25-14-20-16-33-24(32)30(5-2)22(20)27-23;2*9-7-5-3-1-2-4-6(5)12(10,11)8-7/h4,6-9,14,17H,1,5,10-13,15-16H2,2-3H3,(H,25,26,27);2*1-4H,(H,8,9)/t17-;;/m0../s1. The minimum absolute atomic E-state index is 0.00354. The van der Waals surface area contributed by atoms with Crippen LogP contribution in [0.3, 0.4) is 0 Å². The van der Waals surface area contributed by atoms with Crippen LogP contribution in [0.25, 0.3) is 0 Å². The first-order valence-corrected chi connectivity index (χ1v) is 20.8. The molecule has 1 aromatic heterocycles. The Morgan fingerprint density at radius 1 is 0.877 bits per heavy atom. The zero-order chi connectivity index (χ0) is 40.9. The Kier molecular flexibility index (Phi) is 12.0. The smallest absolute Gasteiger partial charge is 0.415 e. The van der Waals surface area contributed by atoms with E-state index in [-0.39, 0.29) is 45.6 Å². The summed E-state index contributed by atoms with van der Waals surface area (Å²) in [6, 6.07) is 20.7. The first-order chi connectivity index (χ1) is 27.2. The number of ether oxygens (including phenoxy) is 1. The molecule has 4 aromatic rings. The molecule has 1 atom stereocenters. The summed E-state index contributed by atoms with van der Waals surface area (Å²) in [7, 11) is -7.11. The average molecular weight is 817 g/mol. The highest BCUT2D eigenvalue weighted by Gasteiger charge is 2.32. The van der Waals surface area contributed by atoms with Crippen LogP contribution in [0.15, 0.2) is 101 Å². The number of amides is 4. The Morgan fingerprint density at radius 3 is 1.96 bits per heavy atom. The Morgan fingerprint density at radius 2 is 1.44 bits per heavy atom. The molecular weight excluding hydrogens is 777 g/mol. The summed E-state index contributed by atoms with van der Waals surface area (Å²) in [6.45, 7) is 12.2. The maximum atomic E-state index is 12.0. The number of aromatic nitrogens is 2. The minimum atomic E-state index is -3.55. The number of piperazine rings is 1. The van der Waals surface area contributed by atoms with Crippen molar-refractivity contribution >= 4 is 55.6 Å². The summed E-state index contributed by atoms with van der Waals surface area (Å²) in [5.74, 6) is -0.0176. The van der Waals surface area contributed by atoms with Crippen LogP contribution in [0.4, 0.5) is 16.6 Å². The molecule has 0 unspecified atom stereocenters. The number of fused-ring (bicyclic) bond motifs is 3. The Bertz CT molecular complexity index is 2350. The highest BCUT2D eigenvalue weighted by molar-refractivity contribution is 7.91. The van der Waals surface area contributed by atoms with Gasteiger partial charge in [-0.25, -0.2) is 36.1 Å². The molecule has 0 spiro atoms. The Balaban J connectivity index is 0.000000184. The molecule has 3 N–H and O–H groups in total. The van der Waals surface area contributed by atoms with Gasteiger partial charge in [0.15, 0.2) is 0 Å². The third-order valence-electron chi connectivity index (χ3n) is 9.37. The van der Waals surface area contributed by atoms with Crippen LogP contribution in [0, 0.1) is 0 Å². The molecule has 19 heteroatoms. The number of hydrogen-bond acceptors (Lipinski definition) is 13. The van der Waals surface area contributed by atoms with Crippen molar-refractivity contribution in [3.8, 4) is 0 Å². The van der Waals surface area contributed by atoms with Crippen LogP contribution in [-0.2, 0) is 42.7 Å². The van der Waals surface area contributed by atoms with Crippen molar-refractivity contribution in [3.05, 3.63) is 119 Å². The average Bonchev–Trinajstić information content (AvgIpc) is 3.60. The molecule has 0 aliphatic carbocycles. The summed E-state index contributed by atoms with van der Waals surface area (Å²) in [6.07, 6.45) is 2.71. The molecule has 0 saturated carbocycles. The molecule has 4 aliphatic rings. The number of anilines is 2. The van der Waals surface area contributed by atoms with Crippen molar-refractivity contribution in [1.82, 2.24) is 29.2 Å². The normalized spacial score (nSPS) is 17.8. The predicted molar refractivity (Wildman–Crippen MR) is 208 cm³/mol. The molecule has 4 amide bonds. The number of hydrogen-bond donors (Lipinski definition) is 3. The van der Waals surface area contributed by atoms with E-state index in [1.807, 2.05) is 21.3 Å². The summed E-state index contributed by atoms with van der Waals surface area (Å²) in [5.41, 5.74) is 3.59. The van der Waals surface area contributed by atoms with Crippen molar-refractivity contribution in [2.75, 3.05) is 42.9 Å².